The van der Waals surface area contributed by atoms with Gasteiger partial charge in [0.05, 0.1) is 18.4 Å². The third-order valence-corrected chi connectivity index (χ3v) is 4.85. The standard InChI is InChI=1S/C20H20ClN3O4S/c1-20(2,26)12-28-15-5-4-14(11-16(15)27-3)24-9-8-23-18(19(24)25)29-17-10-13(21)6-7-22-17/h4-11,26H,12H2,1-3H3. The number of aliphatic hydroxyl groups is 1. The van der Waals surface area contributed by atoms with Crippen LogP contribution in [0.3, 0.4) is 0 Å². The van der Waals surface area contributed by atoms with E-state index < -0.39 is 5.60 Å². The molecule has 0 aliphatic carbocycles. The highest BCUT2D eigenvalue weighted by Crippen LogP contribution is 2.30. The second-order valence-electron chi connectivity index (χ2n) is 6.76. The molecule has 152 valence electrons. The van der Waals surface area contributed by atoms with Crippen LogP contribution in [0, 0.1) is 0 Å². The van der Waals surface area contributed by atoms with E-state index in [1.807, 2.05) is 0 Å². The molecule has 0 bridgehead atoms. The summed E-state index contributed by atoms with van der Waals surface area (Å²) >= 11 is 7.12. The minimum absolute atomic E-state index is 0.103. The normalized spacial score (nSPS) is 11.3. The van der Waals surface area contributed by atoms with Gasteiger partial charge in [0, 0.05) is 29.7 Å². The average Bonchev–Trinajstić information content (AvgIpc) is 2.67. The highest BCUT2D eigenvalue weighted by molar-refractivity contribution is 7.99. The third-order valence-electron chi connectivity index (χ3n) is 3.71. The molecule has 0 radical (unpaired) electrons. The number of nitrogens with zero attached hydrogens (tertiary/aromatic N) is 3. The quantitative estimate of drug-likeness (QED) is 0.609. The van der Waals surface area contributed by atoms with Crippen LogP contribution in [-0.2, 0) is 0 Å². The third kappa shape index (κ3) is 5.50. The fourth-order valence-corrected chi connectivity index (χ4v) is 3.41. The summed E-state index contributed by atoms with van der Waals surface area (Å²) in [6.45, 7) is 3.40. The number of pyridine rings is 1. The van der Waals surface area contributed by atoms with Crippen LogP contribution in [0.25, 0.3) is 5.69 Å². The second-order valence-corrected chi connectivity index (χ2v) is 8.20. The van der Waals surface area contributed by atoms with Crippen LogP contribution in [0.4, 0.5) is 0 Å². The van der Waals surface area contributed by atoms with Crippen molar-refractivity contribution < 1.29 is 14.6 Å². The van der Waals surface area contributed by atoms with Crippen LogP contribution in [0.1, 0.15) is 13.8 Å². The maximum atomic E-state index is 12.9. The van der Waals surface area contributed by atoms with Crippen molar-refractivity contribution in [3.63, 3.8) is 0 Å². The molecule has 0 amide bonds. The van der Waals surface area contributed by atoms with Crippen molar-refractivity contribution in [2.75, 3.05) is 13.7 Å². The largest absolute Gasteiger partial charge is 0.493 e. The fourth-order valence-electron chi connectivity index (χ4n) is 2.39. The van der Waals surface area contributed by atoms with E-state index in [-0.39, 0.29) is 17.2 Å². The molecule has 7 nitrogen and oxygen atoms in total. The van der Waals surface area contributed by atoms with Gasteiger partial charge >= 0.3 is 0 Å². The highest BCUT2D eigenvalue weighted by atomic mass is 35.5. The number of halogens is 1. The van der Waals surface area contributed by atoms with Crippen molar-refractivity contribution in [2.24, 2.45) is 0 Å². The van der Waals surface area contributed by atoms with E-state index in [1.165, 1.54) is 11.7 Å². The van der Waals surface area contributed by atoms with Crippen LogP contribution < -0.4 is 15.0 Å². The predicted octanol–water partition coefficient (Wildman–Crippen LogP) is 3.59. The molecule has 0 unspecified atom stereocenters. The maximum Gasteiger partial charge on any atom is 0.288 e. The number of aromatic nitrogens is 3. The van der Waals surface area contributed by atoms with Crippen molar-refractivity contribution in [1.29, 1.82) is 0 Å². The lowest BCUT2D eigenvalue weighted by atomic mass is 10.2. The van der Waals surface area contributed by atoms with Gasteiger partial charge in [0.25, 0.3) is 5.56 Å². The molecule has 29 heavy (non-hydrogen) atoms. The molecule has 0 saturated carbocycles. The van der Waals surface area contributed by atoms with Gasteiger partial charge in [-0.05, 0) is 49.9 Å². The summed E-state index contributed by atoms with van der Waals surface area (Å²) in [7, 11) is 1.51. The van der Waals surface area contributed by atoms with Crippen LogP contribution >= 0.6 is 23.4 Å². The Balaban J connectivity index is 1.91. The molecule has 2 aromatic heterocycles. The van der Waals surface area contributed by atoms with Crippen LogP contribution in [0.15, 0.2) is 63.8 Å². The molecule has 1 aromatic carbocycles. The first kappa shape index (κ1) is 21.2. The Kier molecular flexibility index (Phi) is 6.46. The summed E-state index contributed by atoms with van der Waals surface area (Å²) in [6, 6.07) is 8.44. The lowest BCUT2D eigenvalue weighted by molar-refractivity contribution is 0.0276. The van der Waals surface area contributed by atoms with Gasteiger partial charge in [-0.1, -0.05) is 11.6 Å². The summed E-state index contributed by atoms with van der Waals surface area (Å²) in [4.78, 5) is 21.3. The molecule has 2 heterocycles. The zero-order valence-electron chi connectivity index (χ0n) is 16.1. The fraction of sp³-hybridized carbons (Fsp3) is 0.250. The molecule has 3 rings (SSSR count). The van der Waals surface area contributed by atoms with Gasteiger partial charge in [-0.2, -0.15) is 0 Å². The topological polar surface area (TPSA) is 86.5 Å². The molecule has 3 aromatic rings. The van der Waals surface area contributed by atoms with Gasteiger partial charge in [-0.15, -0.1) is 0 Å². The van der Waals surface area contributed by atoms with E-state index in [9.17, 15) is 9.90 Å². The van der Waals surface area contributed by atoms with Gasteiger partial charge in [0.2, 0.25) is 0 Å². The van der Waals surface area contributed by atoms with Gasteiger partial charge < -0.3 is 14.6 Å². The van der Waals surface area contributed by atoms with Crippen molar-refractivity contribution in [3.8, 4) is 17.2 Å². The molecule has 1 N–H and O–H groups in total. The van der Waals surface area contributed by atoms with E-state index >= 15 is 0 Å². The average molecular weight is 434 g/mol. The minimum atomic E-state index is -0.980. The number of hydrogen-bond acceptors (Lipinski definition) is 7. The molecule has 0 saturated heterocycles. The maximum absolute atomic E-state index is 12.9. The number of benzene rings is 1. The summed E-state index contributed by atoms with van der Waals surface area (Å²) in [5, 5.41) is 11.2. The predicted molar refractivity (Wildman–Crippen MR) is 112 cm³/mol. The monoisotopic (exact) mass is 433 g/mol. The van der Waals surface area contributed by atoms with Crippen molar-refractivity contribution >= 4 is 23.4 Å². The van der Waals surface area contributed by atoms with E-state index in [0.29, 0.717) is 27.2 Å². The van der Waals surface area contributed by atoms with Gasteiger partial charge in [0.1, 0.15) is 11.6 Å². The first-order valence-electron chi connectivity index (χ1n) is 8.67. The Morgan fingerprint density at radius 2 is 1.97 bits per heavy atom. The van der Waals surface area contributed by atoms with E-state index in [0.717, 1.165) is 11.8 Å². The Hall–Kier alpha value is -2.55. The van der Waals surface area contributed by atoms with Gasteiger partial charge in [-0.3, -0.25) is 9.36 Å². The lowest BCUT2D eigenvalue weighted by Crippen LogP contribution is -2.28. The van der Waals surface area contributed by atoms with Crippen LogP contribution in [0.2, 0.25) is 5.02 Å². The zero-order chi connectivity index (χ0) is 21.0. The molecular formula is C20H20ClN3O4S. The second kappa shape index (κ2) is 8.86. The van der Waals surface area contributed by atoms with E-state index in [4.69, 9.17) is 21.1 Å². The minimum Gasteiger partial charge on any atom is -0.493 e. The molecule has 0 atom stereocenters. The van der Waals surface area contributed by atoms with Crippen LogP contribution in [0.5, 0.6) is 11.5 Å². The Labute approximate surface area is 177 Å². The first-order chi connectivity index (χ1) is 13.8. The van der Waals surface area contributed by atoms with E-state index in [2.05, 4.69) is 9.97 Å². The van der Waals surface area contributed by atoms with Gasteiger partial charge in [0.15, 0.2) is 16.5 Å². The van der Waals surface area contributed by atoms with E-state index in [1.54, 1.807) is 62.8 Å². The summed E-state index contributed by atoms with van der Waals surface area (Å²) < 4.78 is 12.5. The Morgan fingerprint density at radius 3 is 2.66 bits per heavy atom. The van der Waals surface area contributed by atoms with Crippen molar-refractivity contribution in [1.82, 2.24) is 14.5 Å². The van der Waals surface area contributed by atoms with Crippen molar-refractivity contribution in [2.45, 2.75) is 29.5 Å². The summed E-state index contributed by atoms with van der Waals surface area (Å²) in [5.74, 6) is 0.916. The number of methoxy groups -OCH3 is 1. The molecule has 0 aliphatic rings. The molecular weight excluding hydrogens is 414 g/mol. The summed E-state index contributed by atoms with van der Waals surface area (Å²) in [6.07, 6.45) is 4.69. The smallest absolute Gasteiger partial charge is 0.288 e. The summed E-state index contributed by atoms with van der Waals surface area (Å²) in [5.41, 5.74) is -0.691. The molecule has 9 heteroatoms. The Morgan fingerprint density at radius 1 is 1.17 bits per heavy atom. The molecule has 0 spiro atoms. The van der Waals surface area contributed by atoms with Gasteiger partial charge in [-0.25, -0.2) is 9.97 Å². The zero-order valence-corrected chi connectivity index (χ0v) is 17.7. The lowest BCUT2D eigenvalue weighted by Gasteiger charge is -2.19. The SMILES string of the molecule is COc1cc(-n2ccnc(Sc3cc(Cl)ccn3)c2=O)ccc1OCC(C)(C)O. The molecule has 0 fully saturated rings. The first-order valence-corrected chi connectivity index (χ1v) is 9.87. The number of rotatable bonds is 7. The van der Waals surface area contributed by atoms with Crippen LogP contribution in [-0.4, -0.2) is 39.0 Å². The highest BCUT2D eigenvalue weighted by Gasteiger charge is 2.16. The Bertz CT molecular complexity index is 1070. The number of hydrogen-bond donors (Lipinski definition) is 1. The molecule has 0 aliphatic heterocycles. The van der Waals surface area contributed by atoms with Crippen molar-refractivity contribution in [3.05, 3.63) is 64.3 Å². The number of ether oxygens (including phenoxy) is 2.